The van der Waals surface area contributed by atoms with Crippen molar-refractivity contribution >= 4 is 29.1 Å². The third-order valence-electron chi connectivity index (χ3n) is 4.72. The number of hydrogen-bond acceptors (Lipinski definition) is 6. The summed E-state index contributed by atoms with van der Waals surface area (Å²) in [5.74, 6) is -1.06. The molecule has 32 heavy (non-hydrogen) atoms. The number of nitrogens with one attached hydrogen (secondary N) is 1. The van der Waals surface area contributed by atoms with E-state index in [1.54, 1.807) is 5.01 Å². The van der Waals surface area contributed by atoms with Crippen LogP contribution in [0.15, 0.2) is 36.4 Å². The maximum atomic E-state index is 13.4. The van der Waals surface area contributed by atoms with Crippen molar-refractivity contribution in [2.45, 2.75) is 6.10 Å². The number of ether oxygens (including phenoxy) is 2. The molecule has 0 aromatic heterocycles. The Bertz CT molecular complexity index is 930. The van der Waals surface area contributed by atoms with Crippen molar-refractivity contribution in [2.75, 3.05) is 45.9 Å². The number of aliphatic hydroxyl groups is 1. The highest BCUT2D eigenvalue weighted by Gasteiger charge is 2.21. The quantitative estimate of drug-likeness (QED) is 0.564. The number of hydrogen-bond donors (Lipinski definition) is 2. The fourth-order valence-electron chi connectivity index (χ4n) is 3.08. The van der Waals surface area contributed by atoms with E-state index < -0.39 is 17.7 Å². The molecule has 1 aliphatic heterocycles. The van der Waals surface area contributed by atoms with Gasteiger partial charge in [-0.3, -0.25) is 15.1 Å². The lowest BCUT2D eigenvalue weighted by atomic mass is 10.3. The first-order chi connectivity index (χ1) is 15.3. The SMILES string of the molecule is O=C(COc1ccc(Cl)c(F)c1)NN1CCN(CC(O)COc2ccc(Cl)c(F)c2)CC1. The zero-order chi connectivity index (χ0) is 23.1. The van der Waals surface area contributed by atoms with Crippen LogP contribution < -0.4 is 14.9 Å². The molecule has 1 aliphatic rings. The molecule has 0 aliphatic carbocycles. The molecule has 7 nitrogen and oxygen atoms in total. The largest absolute Gasteiger partial charge is 0.491 e. The van der Waals surface area contributed by atoms with Gasteiger partial charge in [-0.15, -0.1) is 0 Å². The molecule has 1 atom stereocenters. The van der Waals surface area contributed by atoms with Gasteiger partial charge in [0, 0.05) is 44.9 Å². The summed E-state index contributed by atoms with van der Waals surface area (Å²) in [5, 5.41) is 11.9. The Kier molecular flexibility index (Phi) is 8.89. The Balaban J connectivity index is 1.33. The summed E-state index contributed by atoms with van der Waals surface area (Å²) in [7, 11) is 0. The van der Waals surface area contributed by atoms with E-state index in [2.05, 4.69) is 5.43 Å². The molecule has 0 saturated carbocycles. The van der Waals surface area contributed by atoms with Crippen molar-refractivity contribution < 1.29 is 28.2 Å². The first-order valence-corrected chi connectivity index (χ1v) is 10.7. The van der Waals surface area contributed by atoms with Crippen molar-refractivity contribution in [1.29, 1.82) is 0 Å². The number of halogens is 4. The highest BCUT2D eigenvalue weighted by atomic mass is 35.5. The van der Waals surface area contributed by atoms with E-state index in [-0.39, 0.29) is 34.9 Å². The fraction of sp³-hybridized carbons (Fsp3) is 0.381. The van der Waals surface area contributed by atoms with Crippen LogP contribution >= 0.6 is 23.2 Å². The molecule has 0 bridgehead atoms. The van der Waals surface area contributed by atoms with Gasteiger partial charge in [-0.1, -0.05) is 23.2 Å². The summed E-state index contributed by atoms with van der Waals surface area (Å²) in [6.07, 6.45) is -0.761. The van der Waals surface area contributed by atoms with Gasteiger partial charge in [0.1, 0.15) is 35.8 Å². The van der Waals surface area contributed by atoms with E-state index in [0.29, 0.717) is 38.5 Å². The lowest BCUT2D eigenvalue weighted by Gasteiger charge is -2.35. The first-order valence-electron chi connectivity index (χ1n) is 9.90. The molecule has 174 valence electrons. The average Bonchev–Trinajstić information content (AvgIpc) is 2.77. The monoisotopic (exact) mass is 489 g/mol. The maximum Gasteiger partial charge on any atom is 0.272 e. The van der Waals surface area contributed by atoms with Gasteiger partial charge in [0.25, 0.3) is 5.91 Å². The molecule has 1 unspecified atom stereocenters. The van der Waals surface area contributed by atoms with Crippen molar-refractivity contribution in [2.24, 2.45) is 0 Å². The second-order valence-corrected chi connectivity index (χ2v) is 8.04. The van der Waals surface area contributed by atoms with Crippen LogP contribution in [0.4, 0.5) is 8.78 Å². The third-order valence-corrected chi connectivity index (χ3v) is 5.33. The van der Waals surface area contributed by atoms with Gasteiger partial charge in [-0.25, -0.2) is 13.8 Å². The normalized spacial score (nSPS) is 15.9. The molecular formula is C21H23Cl2F2N3O4. The summed E-state index contributed by atoms with van der Waals surface area (Å²) >= 11 is 11.2. The van der Waals surface area contributed by atoms with Crippen LogP contribution in [0.5, 0.6) is 11.5 Å². The molecule has 1 saturated heterocycles. The van der Waals surface area contributed by atoms with Crippen LogP contribution in [0.3, 0.4) is 0 Å². The zero-order valence-corrected chi connectivity index (χ0v) is 18.6. The minimum atomic E-state index is -0.761. The highest BCUT2D eigenvalue weighted by molar-refractivity contribution is 6.31. The van der Waals surface area contributed by atoms with Crippen LogP contribution in [-0.4, -0.2) is 73.0 Å². The third kappa shape index (κ3) is 7.46. The molecule has 1 heterocycles. The van der Waals surface area contributed by atoms with Crippen molar-refractivity contribution in [3.8, 4) is 11.5 Å². The van der Waals surface area contributed by atoms with Crippen LogP contribution in [0, 0.1) is 11.6 Å². The van der Waals surface area contributed by atoms with E-state index >= 15 is 0 Å². The second kappa shape index (κ2) is 11.6. The number of amides is 1. The standard InChI is InChI=1S/C21H23Cl2F2N3O4/c22-17-3-1-15(9-19(17)24)31-12-14(29)11-27-5-7-28(8-6-27)26-21(30)13-32-16-2-4-18(23)20(25)10-16/h1-4,9-10,14,29H,5-8,11-13H2,(H,26,30). The fourth-order valence-corrected chi connectivity index (χ4v) is 3.31. The molecule has 2 aromatic rings. The summed E-state index contributed by atoms with van der Waals surface area (Å²) in [6, 6.07) is 8.06. The Morgan fingerprint density at radius 2 is 1.56 bits per heavy atom. The molecule has 0 radical (unpaired) electrons. The van der Waals surface area contributed by atoms with Gasteiger partial charge in [-0.2, -0.15) is 0 Å². The predicted molar refractivity (Wildman–Crippen MR) is 116 cm³/mol. The van der Waals surface area contributed by atoms with Crippen LogP contribution in [-0.2, 0) is 4.79 Å². The highest BCUT2D eigenvalue weighted by Crippen LogP contribution is 2.21. The number of aliphatic hydroxyl groups excluding tert-OH is 1. The zero-order valence-electron chi connectivity index (χ0n) is 17.1. The number of carbonyl (C=O) groups excluding carboxylic acids is 1. The number of benzene rings is 2. The lowest BCUT2D eigenvalue weighted by Crippen LogP contribution is -2.55. The van der Waals surface area contributed by atoms with Gasteiger partial charge in [-0.05, 0) is 24.3 Å². The predicted octanol–water partition coefficient (Wildman–Crippen LogP) is 2.74. The number of β-amino-alcohol motifs (C(OH)–C–C–N with tert-alkyl or cyclic N) is 1. The second-order valence-electron chi connectivity index (χ2n) is 7.23. The molecule has 1 amide bonds. The van der Waals surface area contributed by atoms with E-state index in [1.807, 2.05) is 4.90 Å². The van der Waals surface area contributed by atoms with Crippen LogP contribution in [0.1, 0.15) is 0 Å². The van der Waals surface area contributed by atoms with Gasteiger partial charge < -0.3 is 14.6 Å². The average molecular weight is 490 g/mol. The van der Waals surface area contributed by atoms with Crippen LogP contribution in [0.25, 0.3) is 0 Å². The van der Waals surface area contributed by atoms with Gasteiger partial charge in [0.05, 0.1) is 10.0 Å². The summed E-state index contributed by atoms with van der Waals surface area (Å²) < 4.78 is 37.5. The Morgan fingerprint density at radius 3 is 2.12 bits per heavy atom. The Morgan fingerprint density at radius 1 is 1.00 bits per heavy atom. The van der Waals surface area contributed by atoms with E-state index in [4.69, 9.17) is 32.7 Å². The van der Waals surface area contributed by atoms with E-state index in [1.165, 1.54) is 30.3 Å². The molecular weight excluding hydrogens is 467 g/mol. The van der Waals surface area contributed by atoms with Crippen molar-refractivity contribution in [3.63, 3.8) is 0 Å². The lowest BCUT2D eigenvalue weighted by molar-refractivity contribution is -0.129. The molecule has 2 aromatic carbocycles. The summed E-state index contributed by atoms with van der Waals surface area (Å²) in [4.78, 5) is 14.1. The molecule has 3 rings (SSSR count). The van der Waals surface area contributed by atoms with E-state index in [9.17, 15) is 18.7 Å². The number of hydrazine groups is 1. The Hall–Kier alpha value is -2.17. The molecule has 0 spiro atoms. The minimum absolute atomic E-state index is 0.00768. The van der Waals surface area contributed by atoms with E-state index in [0.717, 1.165) is 6.07 Å². The number of rotatable bonds is 9. The molecule has 1 fully saturated rings. The summed E-state index contributed by atoms with van der Waals surface area (Å²) in [5.41, 5.74) is 2.73. The molecule has 11 heteroatoms. The number of piperazine rings is 1. The van der Waals surface area contributed by atoms with Gasteiger partial charge in [0.2, 0.25) is 0 Å². The number of nitrogens with zero attached hydrogens (tertiary/aromatic N) is 2. The Labute approximate surface area is 194 Å². The minimum Gasteiger partial charge on any atom is -0.491 e. The van der Waals surface area contributed by atoms with Gasteiger partial charge >= 0.3 is 0 Å². The summed E-state index contributed by atoms with van der Waals surface area (Å²) in [6.45, 7) is 2.48. The number of carbonyl (C=O) groups is 1. The molecule has 2 N–H and O–H groups in total. The van der Waals surface area contributed by atoms with Crippen molar-refractivity contribution in [1.82, 2.24) is 15.3 Å². The topological polar surface area (TPSA) is 74.3 Å². The first kappa shape index (κ1) is 24.5. The van der Waals surface area contributed by atoms with Crippen LogP contribution in [0.2, 0.25) is 10.0 Å². The smallest absolute Gasteiger partial charge is 0.272 e. The maximum absolute atomic E-state index is 13.4. The van der Waals surface area contributed by atoms with Crippen molar-refractivity contribution in [3.05, 3.63) is 58.1 Å². The van der Waals surface area contributed by atoms with Gasteiger partial charge in [0.15, 0.2) is 6.61 Å².